The zero-order valence-electron chi connectivity index (χ0n) is 6.27. The second-order valence-corrected chi connectivity index (χ2v) is 3.18. The highest BCUT2D eigenvalue weighted by Crippen LogP contribution is 2.19. The molecule has 1 heterocycles. The molecule has 5 heteroatoms. The topological polar surface area (TPSA) is 51.8 Å². The molecule has 0 amide bonds. The normalized spacial score (nSPS) is 10.8. The minimum atomic E-state index is 0.463. The van der Waals surface area contributed by atoms with Crippen LogP contribution in [0.2, 0.25) is 0 Å². The van der Waals surface area contributed by atoms with Gasteiger partial charge >= 0.3 is 0 Å². The second-order valence-electron chi connectivity index (χ2n) is 1.92. The summed E-state index contributed by atoms with van der Waals surface area (Å²) in [5, 5.41) is 0.743. The van der Waals surface area contributed by atoms with Crippen molar-refractivity contribution >= 4 is 29.2 Å². The first kappa shape index (κ1) is 9.35. The van der Waals surface area contributed by atoms with Crippen LogP contribution in [-0.4, -0.2) is 15.7 Å². The van der Waals surface area contributed by atoms with E-state index in [0.717, 1.165) is 10.8 Å². The molecule has 0 radical (unpaired) electrons. The van der Waals surface area contributed by atoms with Gasteiger partial charge in [-0.2, -0.15) is 0 Å². The summed E-state index contributed by atoms with van der Waals surface area (Å²) in [5.41, 5.74) is 7.02. The Labute approximate surface area is 80.0 Å². The standard InChI is InChI=1S/C7H8ClN3S/c8-2-1-5-12-7-6(9)10-3-4-11-7/h1-4H,5H2,(H2,9,10)/b2-1+. The molecule has 0 aliphatic heterocycles. The van der Waals surface area contributed by atoms with E-state index in [2.05, 4.69) is 9.97 Å². The number of nitrogens with two attached hydrogens (primary N) is 1. The Hall–Kier alpha value is -0.740. The van der Waals surface area contributed by atoms with Crippen molar-refractivity contribution < 1.29 is 0 Å². The number of nitrogen functional groups attached to an aromatic ring is 1. The van der Waals surface area contributed by atoms with Gasteiger partial charge in [0.1, 0.15) is 5.03 Å². The summed E-state index contributed by atoms with van der Waals surface area (Å²) in [6, 6.07) is 0. The molecule has 3 nitrogen and oxygen atoms in total. The lowest BCUT2D eigenvalue weighted by Crippen LogP contribution is -1.94. The monoisotopic (exact) mass is 201 g/mol. The van der Waals surface area contributed by atoms with Gasteiger partial charge in [-0.1, -0.05) is 29.4 Å². The molecule has 0 aliphatic carbocycles. The van der Waals surface area contributed by atoms with E-state index in [1.54, 1.807) is 12.4 Å². The zero-order valence-corrected chi connectivity index (χ0v) is 7.85. The SMILES string of the molecule is Nc1nccnc1SC/C=C/Cl. The van der Waals surface area contributed by atoms with Crippen molar-refractivity contribution in [2.45, 2.75) is 5.03 Å². The van der Waals surface area contributed by atoms with Crippen LogP contribution in [-0.2, 0) is 0 Å². The predicted octanol–water partition coefficient (Wildman–Crippen LogP) is 1.90. The highest BCUT2D eigenvalue weighted by atomic mass is 35.5. The molecule has 0 unspecified atom stereocenters. The maximum absolute atomic E-state index is 5.55. The number of nitrogens with zero attached hydrogens (tertiary/aromatic N) is 2. The summed E-state index contributed by atoms with van der Waals surface area (Å²) >= 11 is 6.85. The smallest absolute Gasteiger partial charge is 0.156 e. The third-order valence-corrected chi connectivity index (χ3v) is 2.22. The number of aromatic nitrogens is 2. The Morgan fingerprint density at radius 3 is 2.92 bits per heavy atom. The van der Waals surface area contributed by atoms with E-state index in [1.165, 1.54) is 17.3 Å². The lowest BCUT2D eigenvalue weighted by atomic mass is 10.7. The van der Waals surface area contributed by atoms with Gasteiger partial charge in [-0.25, -0.2) is 9.97 Å². The van der Waals surface area contributed by atoms with Crippen molar-refractivity contribution in [3.8, 4) is 0 Å². The fourth-order valence-corrected chi connectivity index (χ4v) is 1.49. The molecule has 0 saturated heterocycles. The van der Waals surface area contributed by atoms with E-state index in [1.807, 2.05) is 6.08 Å². The van der Waals surface area contributed by atoms with Gasteiger partial charge in [0.2, 0.25) is 0 Å². The van der Waals surface area contributed by atoms with Crippen LogP contribution in [0.3, 0.4) is 0 Å². The molecule has 2 N–H and O–H groups in total. The molecular formula is C7H8ClN3S. The molecule has 0 bridgehead atoms. The number of hydrogen-bond donors (Lipinski definition) is 1. The Morgan fingerprint density at radius 2 is 2.25 bits per heavy atom. The van der Waals surface area contributed by atoms with Crippen LogP contribution in [0.15, 0.2) is 29.0 Å². The quantitative estimate of drug-likeness (QED) is 0.760. The third-order valence-electron chi connectivity index (χ3n) is 1.10. The Balaban J connectivity index is 2.57. The van der Waals surface area contributed by atoms with Crippen molar-refractivity contribution in [3.05, 3.63) is 24.0 Å². The first-order chi connectivity index (χ1) is 5.84. The van der Waals surface area contributed by atoms with Crippen molar-refractivity contribution in [2.75, 3.05) is 11.5 Å². The van der Waals surface area contributed by atoms with Gasteiger partial charge in [0.15, 0.2) is 5.82 Å². The van der Waals surface area contributed by atoms with E-state index in [0.29, 0.717) is 5.82 Å². The van der Waals surface area contributed by atoms with Crippen LogP contribution in [0.25, 0.3) is 0 Å². The Bertz CT molecular complexity index is 277. The largest absolute Gasteiger partial charge is 0.381 e. The van der Waals surface area contributed by atoms with E-state index < -0.39 is 0 Å². The van der Waals surface area contributed by atoms with Crippen molar-refractivity contribution in [1.82, 2.24) is 9.97 Å². The predicted molar refractivity (Wildman–Crippen MR) is 52.2 cm³/mol. The molecule has 0 spiro atoms. The zero-order chi connectivity index (χ0) is 8.81. The summed E-state index contributed by atoms with van der Waals surface area (Å²) in [6.45, 7) is 0. The first-order valence-corrected chi connectivity index (χ1v) is 4.71. The molecule has 0 aliphatic rings. The third kappa shape index (κ3) is 2.71. The van der Waals surface area contributed by atoms with Gasteiger partial charge in [-0.15, -0.1) is 0 Å². The Morgan fingerprint density at radius 1 is 1.50 bits per heavy atom. The molecule has 1 aromatic heterocycles. The highest BCUT2D eigenvalue weighted by Gasteiger charge is 1.98. The minimum absolute atomic E-state index is 0.463. The number of anilines is 1. The molecule has 1 rings (SSSR count). The number of thioether (sulfide) groups is 1. The molecule has 0 fully saturated rings. The summed E-state index contributed by atoms with van der Waals surface area (Å²) < 4.78 is 0. The summed E-state index contributed by atoms with van der Waals surface area (Å²) in [7, 11) is 0. The Kier molecular flexibility index (Phi) is 3.90. The van der Waals surface area contributed by atoms with Crippen molar-refractivity contribution in [3.63, 3.8) is 0 Å². The molecule has 64 valence electrons. The number of rotatable bonds is 3. The van der Waals surface area contributed by atoms with Gasteiger partial charge in [0.25, 0.3) is 0 Å². The van der Waals surface area contributed by atoms with Crippen LogP contribution in [0.4, 0.5) is 5.82 Å². The maximum Gasteiger partial charge on any atom is 0.156 e. The average molecular weight is 202 g/mol. The minimum Gasteiger partial charge on any atom is -0.381 e. The van der Waals surface area contributed by atoms with Crippen LogP contribution in [0, 0.1) is 0 Å². The lowest BCUT2D eigenvalue weighted by molar-refractivity contribution is 1.07. The summed E-state index contributed by atoms with van der Waals surface area (Å²) in [5.74, 6) is 1.22. The average Bonchev–Trinajstić information content (AvgIpc) is 2.09. The van der Waals surface area contributed by atoms with E-state index in [4.69, 9.17) is 17.3 Å². The van der Waals surface area contributed by atoms with Gasteiger partial charge < -0.3 is 5.73 Å². The van der Waals surface area contributed by atoms with Crippen LogP contribution >= 0.6 is 23.4 Å². The van der Waals surface area contributed by atoms with Gasteiger partial charge in [0.05, 0.1) is 0 Å². The van der Waals surface area contributed by atoms with E-state index in [9.17, 15) is 0 Å². The van der Waals surface area contributed by atoms with Gasteiger partial charge in [0, 0.05) is 23.7 Å². The summed E-state index contributed by atoms with van der Waals surface area (Å²) in [6.07, 6.45) is 5.00. The van der Waals surface area contributed by atoms with Gasteiger partial charge in [-0.3, -0.25) is 0 Å². The molecule has 12 heavy (non-hydrogen) atoms. The highest BCUT2D eigenvalue weighted by molar-refractivity contribution is 7.99. The van der Waals surface area contributed by atoms with E-state index >= 15 is 0 Å². The van der Waals surface area contributed by atoms with Crippen LogP contribution < -0.4 is 5.73 Å². The lowest BCUT2D eigenvalue weighted by Gasteiger charge is -1.98. The number of halogens is 1. The molecule has 0 saturated carbocycles. The summed E-state index contributed by atoms with van der Waals surface area (Å²) in [4.78, 5) is 7.94. The maximum atomic E-state index is 5.55. The first-order valence-electron chi connectivity index (χ1n) is 3.29. The second kappa shape index (κ2) is 5.00. The number of hydrogen-bond acceptors (Lipinski definition) is 4. The molecule has 0 aromatic carbocycles. The fraction of sp³-hybridized carbons (Fsp3) is 0.143. The van der Waals surface area contributed by atoms with Gasteiger partial charge in [-0.05, 0) is 0 Å². The van der Waals surface area contributed by atoms with E-state index in [-0.39, 0.29) is 0 Å². The molecule has 0 atom stereocenters. The van der Waals surface area contributed by atoms with Crippen LogP contribution in [0.5, 0.6) is 0 Å². The molecular weight excluding hydrogens is 194 g/mol. The molecule has 1 aromatic rings. The van der Waals surface area contributed by atoms with Crippen LogP contribution in [0.1, 0.15) is 0 Å². The van der Waals surface area contributed by atoms with Crippen molar-refractivity contribution in [1.29, 1.82) is 0 Å². The fourth-order valence-electron chi connectivity index (χ4n) is 0.611. The van der Waals surface area contributed by atoms with Crippen molar-refractivity contribution in [2.24, 2.45) is 0 Å².